The molecule has 5 nitrogen and oxygen atoms in total. The van der Waals surface area contributed by atoms with Gasteiger partial charge in [0.15, 0.2) is 0 Å². The van der Waals surface area contributed by atoms with Crippen molar-refractivity contribution in [2.45, 2.75) is 6.42 Å². The minimum Gasteiger partial charge on any atom is -0.496 e. The summed E-state index contributed by atoms with van der Waals surface area (Å²) in [6.45, 7) is 0. The largest absolute Gasteiger partial charge is 0.496 e. The Bertz CT molecular complexity index is 671. The van der Waals surface area contributed by atoms with E-state index < -0.39 is 5.91 Å². The first-order valence-corrected chi connectivity index (χ1v) is 6.94. The van der Waals surface area contributed by atoms with Gasteiger partial charge in [-0.1, -0.05) is 35.9 Å². The summed E-state index contributed by atoms with van der Waals surface area (Å²) in [6.07, 6.45) is 0.142. The van der Waals surface area contributed by atoms with Crippen molar-refractivity contribution in [2.75, 3.05) is 7.11 Å². The van der Waals surface area contributed by atoms with Gasteiger partial charge in [0.05, 0.1) is 19.1 Å². The molecule has 0 aliphatic heterocycles. The second kappa shape index (κ2) is 7.47. The first-order valence-electron chi connectivity index (χ1n) is 6.57. The van der Waals surface area contributed by atoms with Crippen molar-refractivity contribution in [1.82, 2.24) is 10.9 Å². The number of benzene rings is 2. The number of rotatable bonds is 4. The van der Waals surface area contributed by atoms with Gasteiger partial charge in [0.25, 0.3) is 5.91 Å². The van der Waals surface area contributed by atoms with Gasteiger partial charge in [-0.3, -0.25) is 20.4 Å². The highest BCUT2D eigenvalue weighted by molar-refractivity contribution is 6.30. The molecule has 2 aromatic carbocycles. The fourth-order valence-electron chi connectivity index (χ4n) is 1.86. The van der Waals surface area contributed by atoms with Crippen molar-refractivity contribution in [3.63, 3.8) is 0 Å². The van der Waals surface area contributed by atoms with Crippen LogP contribution in [0.25, 0.3) is 0 Å². The van der Waals surface area contributed by atoms with Gasteiger partial charge in [0, 0.05) is 5.02 Å². The number of carbonyl (C=O) groups excluding carboxylic acids is 2. The Balaban J connectivity index is 1.90. The summed E-state index contributed by atoms with van der Waals surface area (Å²) in [5.41, 5.74) is 5.87. The van der Waals surface area contributed by atoms with Crippen LogP contribution in [0.4, 0.5) is 0 Å². The Hall–Kier alpha value is -2.53. The van der Waals surface area contributed by atoms with Crippen LogP contribution in [-0.4, -0.2) is 18.9 Å². The lowest BCUT2D eigenvalue weighted by Crippen LogP contribution is -2.42. The molecule has 0 spiro atoms. The van der Waals surface area contributed by atoms with Crippen molar-refractivity contribution >= 4 is 23.4 Å². The third kappa shape index (κ3) is 4.23. The number of carbonyl (C=O) groups is 2. The van der Waals surface area contributed by atoms with Crippen LogP contribution in [0.2, 0.25) is 5.02 Å². The van der Waals surface area contributed by atoms with E-state index in [1.165, 1.54) is 7.11 Å². The average Bonchev–Trinajstić information content (AvgIpc) is 2.54. The molecule has 0 aliphatic carbocycles. The molecule has 0 aliphatic rings. The number of methoxy groups -OCH3 is 1. The number of hydrogen-bond donors (Lipinski definition) is 2. The number of halogens is 1. The minimum absolute atomic E-state index is 0.142. The van der Waals surface area contributed by atoms with E-state index >= 15 is 0 Å². The van der Waals surface area contributed by atoms with Gasteiger partial charge in [-0.2, -0.15) is 0 Å². The van der Waals surface area contributed by atoms with E-state index in [1.807, 2.05) is 0 Å². The molecule has 2 aromatic rings. The van der Waals surface area contributed by atoms with E-state index in [0.29, 0.717) is 16.3 Å². The predicted molar refractivity (Wildman–Crippen MR) is 83.8 cm³/mol. The minimum atomic E-state index is -0.443. The predicted octanol–water partition coefficient (Wildman–Crippen LogP) is 2.35. The fourth-order valence-corrected chi connectivity index (χ4v) is 1.98. The molecule has 0 radical (unpaired) electrons. The van der Waals surface area contributed by atoms with Gasteiger partial charge in [0.1, 0.15) is 5.75 Å². The Morgan fingerprint density at radius 3 is 2.41 bits per heavy atom. The molecule has 0 fully saturated rings. The van der Waals surface area contributed by atoms with E-state index in [0.717, 1.165) is 5.56 Å². The fraction of sp³-hybridized carbons (Fsp3) is 0.125. The quantitative estimate of drug-likeness (QED) is 0.850. The number of hydrazine groups is 1. The van der Waals surface area contributed by atoms with Crippen molar-refractivity contribution < 1.29 is 14.3 Å². The maximum atomic E-state index is 12.0. The maximum Gasteiger partial charge on any atom is 0.273 e. The molecular weight excluding hydrogens is 304 g/mol. The zero-order chi connectivity index (χ0) is 15.9. The van der Waals surface area contributed by atoms with Crippen molar-refractivity contribution in [1.29, 1.82) is 0 Å². The molecule has 22 heavy (non-hydrogen) atoms. The van der Waals surface area contributed by atoms with Gasteiger partial charge >= 0.3 is 0 Å². The summed E-state index contributed by atoms with van der Waals surface area (Å²) >= 11 is 5.78. The first-order chi connectivity index (χ1) is 10.6. The molecule has 0 bridgehead atoms. The second-order valence-corrected chi connectivity index (χ2v) is 4.94. The maximum absolute atomic E-state index is 12.0. The third-order valence-electron chi connectivity index (χ3n) is 2.94. The SMILES string of the molecule is COc1ccccc1C(=O)NNC(=O)Cc1ccc(Cl)cc1. The van der Waals surface area contributed by atoms with Crippen LogP contribution in [0.15, 0.2) is 48.5 Å². The van der Waals surface area contributed by atoms with E-state index in [2.05, 4.69) is 10.9 Å². The molecule has 0 aromatic heterocycles. The zero-order valence-electron chi connectivity index (χ0n) is 11.9. The summed E-state index contributed by atoms with van der Waals surface area (Å²) in [6, 6.07) is 13.7. The molecular formula is C16H15ClN2O3. The number of hydrogen-bond acceptors (Lipinski definition) is 3. The van der Waals surface area contributed by atoms with Gasteiger partial charge in [-0.25, -0.2) is 0 Å². The summed E-state index contributed by atoms with van der Waals surface area (Å²) in [4.78, 5) is 23.8. The monoisotopic (exact) mass is 318 g/mol. The lowest BCUT2D eigenvalue weighted by atomic mass is 10.1. The van der Waals surface area contributed by atoms with Crippen LogP contribution >= 0.6 is 11.6 Å². The Morgan fingerprint density at radius 1 is 1.05 bits per heavy atom. The standard InChI is InChI=1S/C16H15ClN2O3/c1-22-14-5-3-2-4-13(14)16(21)19-18-15(20)10-11-6-8-12(17)9-7-11/h2-9H,10H2,1H3,(H,18,20)(H,19,21). The molecule has 2 amide bonds. The molecule has 6 heteroatoms. The summed E-state index contributed by atoms with van der Waals surface area (Å²) < 4.78 is 5.09. The molecule has 0 saturated carbocycles. The molecule has 2 rings (SSSR count). The third-order valence-corrected chi connectivity index (χ3v) is 3.20. The van der Waals surface area contributed by atoms with Crippen LogP contribution < -0.4 is 15.6 Å². The van der Waals surface area contributed by atoms with E-state index in [4.69, 9.17) is 16.3 Å². The number of ether oxygens (including phenoxy) is 1. The number of amides is 2. The lowest BCUT2D eigenvalue weighted by molar-refractivity contribution is -0.121. The second-order valence-electron chi connectivity index (χ2n) is 4.51. The van der Waals surface area contributed by atoms with Gasteiger partial charge in [-0.15, -0.1) is 0 Å². The normalized spacial score (nSPS) is 9.91. The molecule has 0 atom stereocenters. The van der Waals surface area contributed by atoms with Gasteiger partial charge in [0.2, 0.25) is 5.91 Å². The van der Waals surface area contributed by atoms with Crippen LogP contribution in [-0.2, 0) is 11.2 Å². The van der Waals surface area contributed by atoms with Gasteiger partial charge in [-0.05, 0) is 29.8 Å². The van der Waals surface area contributed by atoms with E-state index in [-0.39, 0.29) is 12.3 Å². The van der Waals surface area contributed by atoms with Crippen molar-refractivity contribution in [2.24, 2.45) is 0 Å². The van der Waals surface area contributed by atoms with E-state index in [1.54, 1.807) is 48.5 Å². The topological polar surface area (TPSA) is 67.4 Å². The highest BCUT2D eigenvalue weighted by Crippen LogP contribution is 2.16. The van der Waals surface area contributed by atoms with Crippen molar-refractivity contribution in [3.05, 3.63) is 64.7 Å². The zero-order valence-corrected chi connectivity index (χ0v) is 12.7. The van der Waals surface area contributed by atoms with Crippen LogP contribution in [0.5, 0.6) is 5.75 Å². The molecule has 0 heterocycles. The summed E-state index contributed by atoms with van der Waals surface area (Å²) in [5.74, 6) is -0.334. The highest BCUT2D eigenvalue weighted by Gasteiger charge is 2.12. The summed E-state index contributed by atoms with van der Waals surface area (Å²) in [7, 11) is 1.48. The molecule has 114 valence electrons. The van der Waals surface area contributed by atoms with Crippen molar-refractivity contribution in [3.8, 4) is 5.75 Å². The average molecular weight is 319 g/mol. The first kappa shape index (κ1) is 15.9. The summed E-state index contributed by atoms with van der Waals surface area (Å²) in [5, 5.41) is 0.605. The lowest BCUT2D eigenvalue weighted by Gasteiger charge is -2.10. The molecule has 0 saturated heterocycles. The highest BCUT2D eigenvalue weighted by atomic mass is 35.5. The van der Waals surface area contributed by atoms with Crippen LogP contribution in [0.1, 0.15) is 15.9 Å². The van der Waals surface area contributed by atoms with Crippen LogP contribution in [0.3, 0.4) is 0 Å². The Labute approximate surface area is 133 Å². The Kier molecular flexibility index (Phi) is 5.38. The molecule has 2 N–H and O–H groups in total. The number of para-hydroxylation sites is 1. The van der Waals surface area contributed by atoms with E-state index in [9.17, 15) is 9.59 Å². The molecule has 0 unspecified atom stereocenters. The number of nitrogens with one attached hydrogen (secondary N) is 2. The Morgan fingerprint density at radius 2 is 1.73 bits per heavy atom. The van der Waals surface area contributed by atoms with Crippen LogP contribution in [0, 0.1) is 0 Å². The van der Waals surface area contributed by atoms with Gasteiger partial charge < -0.3 is 4.74 Å². The smallest absolute Gasteiger partial charge is 0.273 e.